The van der Waals surface area contributed by atoms with E-state index in [0.29, 0.717) is 30.8 Å². The van der Waals surface area contributed by atoms with Gasteiger partial charge in [-0.15, -0.1) is 0 Å². The van der Waals surface area contributed by atoms with Crippen molar-refractivity contribution in [2.24, 2.45) is 5.92 Å². The molecule has 0 radical (unpaired) electrons. The summed E-state index contributed by atoms with van der Waals surface area (Å²) in [6.07, 6.45) is 1.90. The van der Waals surface area contributed by atoms with E-state index in [9.17, 15) is 13.2 Å². The average Bonchev–Trinajstić information content (AvgIpc) is 2.74. The Morgan fingerprint density at radius 2 is 1.68 bits per heavy atom. The molecule has 0 atom stereocenters. The number of carbonyl (C=O) groups excluding carboxylic acids is 1. The Morgan fingerprint density at radius 3 is 2.23 bits per heavy atom. The van der Waals surface area contributed by atoms with Crippen molar-refractivity contribution in [3.05, 3.63) is 59.2 Å². The van der Waals surface area contributed by atoms with Gasteiger partial charge in [0.05, 0.1) is 4.90 Å². The second-order valence-corrected chi connectivity index (χ2v) is 11.3. The molecule has 1 aliphatic heterocycles. The van der Waals surface area contributed by atoms with Crippen LogP contribution in [0.3, 0.4) is 0 Å². The summed E-state index contributed by atoms with van der Waals surface area (Å²) in [5.74, 6) is -0.199. The average molecular weight is 443 g/mol. The van der Waals surface area contributed by atoms with Gasteiger partial charge < -0.3 is 5.32 Å². The van der Waals surface area contributed by atoms with Gasteiger partial charge in [-0.25, -0.2) is 8.42 Å². The molecule has 1 N–H and O–H groups in total. The van der Waals surface area contributed by atoms with Crippen LogP contribution in [0.2, 0.25) is 0 Å². The number of nitrogens with one attached hydrogen (secondary N) is 1. The van der Waals surface area contributed by atoms with Gasteiger partial charge in [0.1, 0.15) is 0 Å². The minimum atomic E-state index is -3.55. The highest BCUT2D eigenvalue weighted by molar-refractivity contribution is 7.89. The molecule has 0 bridgehead atoms. The summed E-state index contributed by atoms with van der Waals surface area (Å²) in [6.45, 7) is 11.1. The summed E-state index contributed by atoms with van der Waals surface area (Å²) in [5.41, 5.74) is 4.13. The van der Waals surface area contributed by atoms with Gasteiger partial charge >= 0.3 is 0 Å². The number of anilines is 1. The predicted molar refractivity (Wildman–Crippen MR) is 126 cm³/mol. The van der Waals surface area contributed by atoms with Crippen LogP contribution in [0, 0.1) is 12.8 Å². The molecule has 0 unspecified atom stereocenters. The lowest BCUT2D eigenvalue weighted by Crippen LogP contribution is -2.41. The van der Waals surface area contributed by atoms with Crippen LogP contribution in [0.4, 0.5) is 5.69 Å². The fourth-order valence-electron chi connectivity index (χ4n) is 4.06. The number of hydrogen-bond donors (Lipinski definition) is 1. The summed E-state index contributed by atoms with van der Waals surface area (Å²) < 4.78 is 27.6. The molecule has 1 fully saturated rings. The molecule has 0 aromatic heterocycles. The van der Waals surface area contributed by atoms with Gasteiger partial charge in [0.25, 0.3) is 0 Å². The zero-order chi connectivity index (χ0) is 22.8. The van der Waals surface area contributed by atoms with E-state index in [1.165, 1.54) is 4.31 Å². The lowest BCUT2D eigenvalue weighted by molar-refractivity contribution is -0.120. The zero-order valence-corrected chi connectivity index (χ0v) is 20.1. The molecule has 2 aromatic rings. The van der Waals surface area contributed by atoms with E-state index in [4.69, 9.17) is 0 Å². The van der Waals surface area contributed by atoms with Crippen LogP contribution < -0.4 is 5.32 Å². The van der Waals surface area contributed by atoms with E-state index in [0.717, 1.165) is 28.8 Å². The lowest BCUT2D eigenvalue weighted by atomic mass is 9.87. The van der Waals surface area contributed by atoms with E-state index in [1.54, 1.807) is 12.1 Å². The number of aryl methyl sites for hydroxylation is 2. The highest BCUT2D eigenvalue weighted by Gasteiger charge is 2.32. The number of para-hydroxylation sites is 1. The molecular weight excluding hydrogens is 408 g/mol. The van der Waals surface area contributed by atoms with Crippen molar-refractivity contribution in [2.45, 2.75) is 64.2 Å². The minimum Gasteiger partial charge on any atom is -0.325 e. The predicted octanol–water partition coefficient (Wildman–Crippen LogP) is 4.89. The number of carbonyl (C=O) groups is 1. The van der Waals surface area contributed by atoms with Gasteiger partial charge in [-0.3, -0.25) is 4.79 Å². The number of hydrogen-bond acceptors (Lipinski definition) is 3. The fourth-order valence-corrected chi connectivity index (χ4v) is 5.53. The number of amides is 1. The number of sulfonamides is 1. The first-order chi connectivity index (χ1) is 14.5. The molecule has 5 nitrogen and oxygen atoms in total. The maximum absolute atomic E-state index is 13.1. The SMILES string of the molecule is CCc1cccc(C)c1NC(=O)C1CCN(S(=O)(=O)c2ccc(C(C)(C)C)cc2)CC1. The normalized spacial score (nSPS) is 16.3. The third kappa shape index (κ3) is 5.18. The molecule has 0 spiro atoms. The number of piperidine rings is 1. The summed E-state index contributed by atoms with van der Waals surface area (Å²) >= 11 is 0. The molecule has 1 aliphatic rings. The Bertz CT molecular complexity index is 1030. The van der Waals surface area contributed by atoms with Gasteiger partial charge in [0, 0.05) is 24.7 Å². The Labute approximate surface area is 186 Å². The molecule has 0 saturated carbocycles. The standard InChI is InChI=1S/C25H34N2O3S/c1-6-19-9-7-8-18(2)23(19)26-24(28)20-14-16-27(17-15-20)31(29,30)22-12-10-21(11-13-22)25(3,4)5/h7-13,20H,6,14-17H2,1-5H3,(H,26,28). The zero-order valence-electron chi connectivity index (χ0n) is 19.2. The van der Waals surface area contributed by atoms with Crippen molar-refractivity contribution in [1.29, 1.82) is 0 Å². The van der Waals surface area contributed by atoms with Crippen LogP contribution in [-0.4, -0.2) is 31.7 Å². The molecule has 2 aromatic carbocycles. The molecule has 3 rings (SSSR count). The Kier molecular flexibility index (Phi) is 6.92. The molecular formula is C25H34N2O3S. The van der Waals surface area contributed by atoms with Crippen LogP contribution >= 0.6 is 0 Å². The summed E-state index contributed by atoms with van der Waals surface area (Å²) in [5, 5.41) is 3.10. The van der Waals surface area contributed by atoms with Crippen LogP contribution in [0.25, 0.3) is 0 Å². The van der Waals surface area contributed by atoms with Gasteiger partial charge in [0.2, 0.25) is 15.9 Å². The lowest BCUT2D eigenvalue weighted by Gasteiger charge is -2.31. The van der Waals surface area contributed by atoms with E-state index >= 15 is 0 Å². The first-order valence-corrected chi connectivity index (χ1v) is 12.5. The van der Waals surface area contributed by atoms with E-state index in [1.807, 2.05) is 37.3 Å². The van der Waals surface area contributed by atoms with Crippen molar-refractivity contribution in [3.63, 3.8) is 0 Å². The minimum absolute atomic E-state index is 0.0180. The van der Waals surface area contributed by atoms with Crippen molar-refractivity contribution >= 4 is 21.6 Å². The third-order valence-corrected chi connectivity index (χ3v) is 8.08. The molecule has 1 saturated heterocycles. The molecule has 168 valence electrons. The highest BCUT2D eigenvalue weighted by atomic mass is 32.2. The number of rotatable bonds is 5. The Hall–Kier alpha value is -2.18. The van der Waals surface area contributed by atoms with E-state index in [-0.39, 0.29) is 17.2 Å². The Morgan fingerprint density at radius 1 is 1.06 bits per heavy atom. The fraction of sp³-hybridized carbons (Fsp3) is 0.480. The second-order valence-electron chi connectivity index (χ2n) is 9.40. The maximum atomic E-state index is 13.1. The third-order valence-electron chi connectivity index (χ3n) is 6.17. The van der Waals surface area contributed by atoms with Crippen LogP contribution in [0.5, 0.6) is 0 Å². The molecule has 6 heteroatoms. The summed E-state index contributed by atoms with van der Waals surface area (Å²) in [7, 11) is -3.55. The van der Waals surface area contributed by atoms with Crippen molar-refractivity contribution in [2.75, 3.05) is 18.4 Å². The molecule has 1 amide bonds. The second kappa shape index (κ2) is 9.13. The van der Waals surface area contributed by atoms with Crippen LogP contribution in [0.1, 0.15) is 57.2 Å². The number of benzene rings is 2. The molecule has 0 aliphatic carbocycles. The van der Waals surface area contributed by atoms with E-state index < -0.39 is 10.0 Å². The summed E-state index contributed by atoms with van der Waals surface area (Å²) in [4.78, 5) is 13.2. The van der Waals surface area contributed by atoms with Gasteiger partial charge in [0.15, 0.2) is 0 Å². The maximum Gasteiger partial charge on any atom is 0.243 e. The van der Waals surface area contributed by atoms with Crippen LogP contribution in [-0.2, 0) is 26.7 Å². The quantitative estimate of drug-likeness (QED) is 0.717. The monoisotopic (exact) mass is 442 g/mol. The first kappa shape index (κ1) is 23.5. The van der Waals surface area contributed by atoms with Crippen molar-refractivity contribution < 1.29 is 13.2 Å². The Balaban J connectivity index is 1.65. The largest absolute Gasteiger partial charge is 0.325 e. The van der Waals surface area contributed by atoms with E-state index in [2.05, 4.69) is 33.0 Å². The van der Waals surface area contributed by atoms with Gasteiger partial charge in [-0.05, 0) is 60.4 Å². The summed E-state index contributed by atoms with van der Waals surface area (Å²) in [6, 6.07) is 13.2. The van der Waals surface area contributed by atoms with Crippen molar-refractivity contribution in [1.82, 2.24) is 4.31 Å². The van der Waals surface area contributed by atoms with Crippen LogP contribution in [0.15, 0.2) is 47.4 Å². The molecule has 1 heterocycles. The highest BCUT2D eigenvalue weighted by Crippen LogP contribution is 2.28. The first-order valence-electron chi connectivity index (χ1n) is 11.0. The number of nitrogens with zero attached hydrogens (tertiary/aromatic N) is 1. The van der Waals surface area contributed by atoms with Gasteiger partial charge in [-0.1, -0.05) is 58.0 Å². The van der Waals surface area contributed by atoms with Gasteiger partial charge in [-0.2, -0.15) is 4.31 Å². The smallest absolute Gasteiger partial charge is 0.243 e. The van der Waals surface area contributed by atoms with Crippen molar-refractivity contribution in [3.8, 4) is 0 Å². The molecule has 31 heavy (non-hydrogen) atoms. The topological polar surface area (TPSA) is 66.5 Å².